The number of carbonyl (C=O) groups is 1. The van der Waals surface area contributed by atoms with E-state index < -0.39 is 0 Å². The SMILES string of the molecule is CCC(C)CN(CC)C(=O)c1cc(O)ccc1O. The number of benzene rings is 1. The number of hydrogen-bond donors (Lipinski definition) is 2. The molecule has 1 amide bonds. The molecule has 0 aromatic heterocycles. The van der Waals surface area contributed by atoms with Crippen LogP contribution in [0.3, 0.4) is 0 Å². The maximum absolute atomic E-state index is 12.3. The zero-order chi connectivity index (χ0) is 13.7. The fourth-order valence-corrected chi connectivity index (χ4v) is 1.73. The van der Waals surface area contributed by atoms with E-state index in [4.69, 9.17) is 0 Å². The number of hydrogen-bond acceptors (Lipinski definition) is 3. The summed E-state index contributed by atoms with van der Waals surface area (Å²) in [5, 5.41) is 19.1. The van der Waals surface area contributed by atoms with Gasteiger partial charge in [0.2, 0.25) is 0 Å². The van der Waals surface area contributed by atoms with Gasteiger partial charge in [0.1, 0.15) is 11.5 Å². The monoisotopic (exact) mass is 251 g/mol. The molecule has 1 atom stereocenters. The van der Waals surface area contributed by atoms with Crippen LogP contribution in [0.1, 0.15) is 37.6 Å². The van der Waals surface area contributed by atoms with Crippen LogP contribution >= 0.6 is 0 Å². The first-order valence-corrected chi connectivity index (χ1v) is 6.30. The van der Waals surface area contributed by atoms with Crippen molar-refractivity contribution in [2.75, 3.05) is 13.1 Å². The summed E-state index contributed by atoms with van der Waals surface area (Å²) in [4.78, 5) is 13.9. The third kappa shape index (κ3) is 3.39. The Balaban J connectivity index is 2.92. The van der Waals surface area contributed by atoms with Crippen molar-refractivity contribution in [2.45, 2.75) is 27.2 Å². The molecule has 0 heterocycles. The van der Waals surface area contributed by atoms with Crippen molar-refractivity contribution < 1.29 is 15.0 Å². The lowest BCUT2D eigenvalue weighted by Gasteiger charge is -2.24. The van der Waals surface area contributed by atoms with Gasteiger partial charge in [-0.25, -0.2) is 0 Å². The molecule has 4 nitrogen and oxygen atoms in total. The van der Waals surface area contributed by atoms with Gasteiger partial charge in [-0.05, 0) is 31.0 Å². The summed E-state index contributed by atoms with van der Waals surface area (Å²) in [7, 11) is 0. The first-order chi connectivity index (χ1) is 8.49. The average molecular weight is 251 g/mol. The normalized spacial score (nSPS) is 12.2. The van der Waals surface area contributed by atoms with Crippen LogP contribution in [-0.2, 0) is 0 Å². The predicted molar refractivity (Wildman–Crippen MR) is 70.8 cm³/mol. The number of phenolic OH excluding ortho intramolecular Hbond substituents is 2. The smallest absolute Gasteiger partial charge is 0.257 e. The topological polar surface area (TPSA) is 60.8 Å². The molecule has 0 aliphatic carbocycles. The molecule has 1 unspecified atom stereocenters. The van der Waals surface area contributed by atoms with Gasteiger partial charge in [0.25, 0.3) is 5.91 Å². The van der Waals surface area contributed by atoms with Crippen molar-refractivity contribution in [1.82, 2.24) is 4.90 Å². The second-order valence-corrected chi connectivity index (χ2v) is 4.56. The van der Waals surface area contributed by atoms with Crippen molar-refractivity contribution >= 4 is 5.91 Å². The molecular weight excluding hydrogens is 230 g/mol. The Hall–Kier alpha value is -1.71. The Kier molecular flexibility index (Phi) is 5.01. The molecule has 0 bridgehead atoms. The quantitative estimate of drug-likeness (QED) is 0.791. The summed E-state index contributed by atoms with van der Waals surface area (Å²) in [6.07, 6.45) is 0.996. The highest BCUT2D eigenvalue weighted by molar-refractivity contribution is 5.97. The van der Waals surface area contributed by atoms with E-state index in [1.807, 2.05) is 6.92 Å². The molecule has 0 aliphatic heterocycles. The maximum Gasteiger partial charge on any atom is 0.257 e. The standard InChI is InChI=1S/C14H21NO3/c1-4-10(3)9-15(5-2)14(18)12-8-11(16)6-7-13(12)17/h6-8,10,16-17H,4-5,9H2,1-3H3. The van der Waals surface area contributed by atoms with Gasteiger partial charge in [0.15, 0.2) is 0 Å². The predicted octanol–water partition coefficient (Wildman–Crippen LogP) is 2.61. The maximum atomic E-state index is 12.3. The van der Waals surface area contributed by atoms with Gasteiger partial charge >= 0.3 is 0 Å². The van der Waals surface area contributed by atoms with E-state index in [1.165, 1.54) is 18.2 Å². The summed E-state index contributed by atoms with van der Waals surface area (Å²) in [5.41, 5.74) is 0.153. The molecule has 0 saturated carbocycles. The highest BCUT2D eigenvalue weighted by Gasteiger charge is 2.19. The van der Waals surface area contributed by atoms with Gasteiger partial charge in [-0.1, -0.05) is 20.3 Å². The molecule has 0 saturated heterocycles. The van der Waals surface area contributed by atoms with E-state index in [2.05, 4.69) is 13.8 Å². The minimum Gasteiger partial charge on any atom is -0.508 e. The lowest BCUT2D eigenvalue weighted by atomic mass is 10.1. The second-order valence-electron chi connectivity index (χ2n) is 4.56. The van der Waals surface area contributed by atoms with Crippen LogP contribution in [-0.4, -0.2) is 34.1 Å². The zero-order valence-electron chi connectivity index (χ0n) is 11.2. The first-order valence-electron chi connectivity index (χ1n) is 6.30. The Labute approximate surface area is 108 Å². The average Bonchev–Trinajstić information content (AvgIpc) is 2.37. The molecule has 0 radical (unpaired) electrons. The Morgan fingerprint density at radius 3 is 2.56 bits per heavy atom. The molecule has 0 spiro atoms. The summed E-state index contributed by atoms with van der Waals surface area (Å²) in [6, 6.07) is 3.99. The van der Waals surface area contributed by atoms with E-state index in [0.29, 0.717) is 19.0 Å². The lowest BCUT2D eigenvalue weighted by molar-refractivity contribution is 0.0737. The summed E-state index contributed by atoms with van der Waals surface area (Å²) in [6.45, 7) is 7.30. The highest BCUT2D eigenvalue weighted by atomic mass is 16.3. The minimum absolute atomic E-state index is 0.0178. The molecule has 1 aromatic rings. The largest absolute Gasteiger partial charge is 0.508 e. The number of nitrogens with zero attached hydrogens (tertiary/aromatic N) is 1. The third-order valence-electron chi connectivity index (χ3n) is 3.11. The van der Waals surface area contributed by atoms with Crippen molar-refractivity contribution in [3.63, 3.8) is 0 Å². The molecule has 1 aromatic carbocycles. The van der Waals surface area contributed by atoms with Gasteiger partial charge in [0.05, 0.1) is 5.56 Å². The lowest BCUT2D eigenvalue weighted by Crippen LogP contribution is -2.34. The Bertz CT molecular complexity index is 418. The first kappa shape index (κ1) is 14.4. The third-order valence-corrected chi connectivity index (χ3v) is 3.11. The molecule has 0 fully saturated rings. The minimum atomic E-state index is -0.244. The molecule has 0 aliphatic rings. The van der Waals surface area contributed by atoms with Gasteiger partial charge in [-0.3, -0.25) is 4.79 Å². The van der Waals surface area contributed by atoms with Crippen LogP contribution in [0, 0.1) is 5.92 Å². The van der Waals surface area contributed by atoms with Crippen molar-refractivity contribution in [2.24, 2.45) is 5.92 Å². The van der Waals surface area contributed by atoms with E-state index in [9.17, 15) is 15.0 Å². The van der Waals surface area contributed by atoms with Crippen molar-refractivity contribution in [1.29, 1.82) is 0 Å². The van der Waals surface area contributed by atoms with Crippen molar-refractivity contribution in [3.05, 3.63) is 23.8 Å². The fraction of sp³-hybridized carbons (Fsp3) is 0.500. The Morgan fingerprint density at radius 1 is 1.33 bits per heavy atom. The van der Waals surface area contributed by atoms with Crippen LogP contribution in [0.25, 0.3) is 0 Å². The van der Waals surface area contributed by atoms with Crippen molar-refractivity contribution in [3.8, 4) is 11.5 Å². The van der Waals surface area contributed by atoms with E-state index in [1.54, 1.807) is 4.90 Å². The molecule has 2 N–H and O–H groups in total. The van der Waals surface area contributed by atoms with E-state index in [0.717, 1.165) is 6.42 Å². The van der Waals surface area contributed by atoms with E-state index in [-0.39, 0.29) is 23.0 Å². The van der Waals surface area contributed by atoms with Gasteiger partial charge < -0.3 is 15.1 Å². The van der Waals surface area contributed by atoms with Crippen LogP contribution in [0.4, 0.5) is 0 Å². The number of carbonyl (C=O) groups excluding carboxylic acids is 1. The fourth-order valence-electron chi connectivity index (χ4n) is 1.73. The van der Waals surface area contributed by atoms with Gasteiger partial charge in [0, 0.05) is 13.1 Å². The number of amides is 1. The zero-order valence-corrected chi connectivity index (χ0v) is 11.2. The summed E-state index contributed by atoms with van der Waals surface area (Å²) in [5.74, 6) is 0.0516. The highest BCUT2D eigenvalue weighted by Crippen LogP contribution is 2.24. The van der Waals surface area contributed by atoms with Gasteiger partial charge in [-0.2, -0.15) is 0 Å². The van der Waals surface area contributed by atoms with E-state index >= 15 is 0 Å². The molecule has 1 rings (SSSR count). The summed E-state index contributed by atoms with van der Waals surface area (Å²) >= 11 is 0. The molecular formula is C14H21NO3. The molecule has 100 valence electrons. The van der Waals surface area contributed by atoms with Crippen LogP contribution in [0.15, 0.2) is 18.2 Å². The second kappa shape index (κ2) is 6.28. The Morgan fingerprint density at radius 2 is 2.00 bits per heavy atom. The molecule has 18 heavy (non-hydrogen) atoms. The van der Waals surface area contributed by atoms with Crippen LogP contribution in [0.2, 0.25) is 0 Å². The number of phenols is 2. The van der Waals surface area contributed by atoms with Crippen LogP contribution < -0.4 is 0 Å². The van der Waals surface area contributed by atoms with Gasteiger partial charge in [-0.15, -0.1) is 0 Å². The summed E-state index contributed by atoms with van der Waals surface area (Å²) < 4.78 is 0. The number of aromatic hydroxyl groups is 2. The van der Waals surface area contributed by atoms with Crippen LogP contribution in [0.5, 0.6) is 11.5 Å². The molecule has 4 heteroatoms. The number of rotatable bonds is 5.